The van der Waals surface area contributed by atoms with Crippen LogP contribution in [0.4, 0.5) is 5.69 Å². The third kappa shape index (κ3) is 2.96. The quantitative estimate of drug-likeness (QED) is 0.466. The number of nitrogens with zero attached hydrogens (tertiary/aromatic N) is 1. The van der Waals surface area contributed by atoms with Crippen LogP contribution in [0.15, 0.2) is 17.0 Å². The number of rotatable bonds is 5. The molecule has 1 aromatic rings. The molecule has 1 aromatic carbocycles. The SMILES string of the molecule is O=[N+]([O-])c1cc2c(cc1S(=O)(=O)CCCCl)OCCO2. The molecule has 1 heterocycles. The highest BCUT2D eigenvalue weighted by atomic mass is 35.5. The second-order valence-corrected chi connectivity index (χ2v) is 6.54. The molecule has 110 valence electrons. The predicted octanol–water partition coefficient (Wildman–Crippen LogP) is 1.77. The smallest absolute Gasteiger partial charge is 0.291 e. The van der Waals surface area contributed by atoms with Gasteiger partial charge in [0.15, 0.2) is 21.3 Å². The highest BCUT2D eigenvalue weighted by Crippen LogP contribution is 2.39. The molecule has 0 spiro atoms. The maximum atomic E-state index is 12.1. The first-order valence-electron chi connectivity index (χ1n) is 5.82. The Morgan fingerprint density at radius 1 is 1.25 bits per heavy atom. The summed E-state index contributed by atoms with van der Waals surface area (Å²) in [6.45, 7) is 0.536. The number of sulfone groups is 1. The Bertz CT molecular complexity index is 630. The van der Waals surface area contributed by atoms with Crippen molar-refractivity contribution in [3.05, 3.63) is 22.2 Å². The third-order valence-electron chi connectivity index (χ3n) is 2.70. The molecule has 0 N–H and O–H groups in total. The van der Waals surface area contributed by atoms with Crippen molar-refractivity contribution < 1.29 is 22.8 Å². The molecule has 1 aliphatic rings. The minimum atomic E-state index is -3.79. The van der Waals surface area contributed by atoms with Crippen LogP contribution in [0.3, 0.4) is 0 Å². The summed E-state index contributed by atoms with van der Waals surface area (Å²) in [7, 11) is -3.79. The van der Waals surface area contributed by atoms with Gasteiger partial charge in [0, 0.05) is 11.9 Å². The molecule has 0 amide bonds. The molecule has 7 nitrogen and oxygen atoms in total. The van der Waals surface area contributed by atoms with Crippen molar-refractivity contribution in [2.75, 3.05) is 24.8 Å². The Labute approximate surface area is 120 Å². The number of hydrogen-bond donors (Lipinski definition) is 0. The van der Waals surface area contributed by atoms with Crippen LogP contribution in [0.1, 0.15) is 6.42 Å². The van der Waals surface area contributed by atoms with Crippen LogP contribution in [0.5, 0.6) is 11.5 Å². The van der Waals surface area contributed by atoms with Crippen LogP contribution in [0, 0.1) is 10.1 Å². The minimum Gasteiger partial charge on any atom is -0.486 e. The fourth-order valence-electron chi connectivity index (χ4n) is 1.81. The first kappa shape index (κ1) is 14.9. The summed E-state index contributed by atoms with van der Waals surface area (Å²) >= 11 is 5.47. The van der Waals surface area contributed by atoms with Gasteiger partial charge in [-0.1, -0.05) is 0 Å². The molecule has 0 bridgehead atoms. The first-order chi connectivity index (χ1) is 9.45. The van der Waals surface area contributed by atoms with Crippen LogP contribution in [0.25, 0.3) is 0 Å². The number of nitro groups is 1. The van der Waals surface area contributed by atoms with Crippen molar-refractivity contribution in [2.45, 2.75) is 11.3 Å². The molecule has 1 aliphatic heterocycles. The molecule has 2 rings (SSSR count). The van der Waals surface area contributed by atoms with Gasteiger partial charge in [-0.3, -0.25) is 10.1 Å². The average molecular weight is 322 g/mol. The zero-order chi connectivity index (χ0) is 14.8. The number of fused-ring (bicyclic) bond motifs is 1. The van der Waals surface area contributed by atoms with Crippen LogP contribution < -0.4 is 9.47 Å². The molecule has 20 heavy (non-hydrogen) atoms. The summed E-state index contributed by atoms with van der Waals surface area (Å²) < 4.78 is 34.8. The summed E-state index contributed by atoms with van der Waals surface area (Å²) in [6, 6.07) is 2.23. The lowest BCUT2D eigenvalue weighted by molar-refractivity contribution is -0.388. The van der Waals surface area contributed by atoms with Crippen LogP contribution in [0.2, 0.25) is 0 Å². The molecule has 0 atom stereocenters. The number of benzene rings is 1. The molecule has 0 radical (unpaired) electrons. The van der Waals surface area contributed by atoms with Crippen molar-refractivity contribution in [3.63, 3.8) is 0 Å². The lowest BCUT2D eigenvalue weighted by atomic mass is 10.2. The number of alkyl halides is 1. The van der Waals surface area contributed by atoms with E-state index in [4.69, 9.17) is 21.1 Å². The van der Waals surface area contributed by atoms with E-state index in [2.05, 4.69) is 0 Å². The molecular weight excluding hydrogens is 310 g/mol. The Kier molecular flexibility index (Phi) is 4.34. The summed E-state index contributed by atoms with van der Waals surface area (Å²) in [4.78, 5) is 9.94. The Balaban J connectivity index is 2.53. The zero-order valence-electron chi connectivity index (χ0n) is 10.4. The molecule has 0 saturated heterocycles. The zero-order valence-corrected chi connectivity index (χ0v) is 11.9. The van der Waals surface area contributed by atoms with Crippen LogP contribution in [-0.2, 0) is 9.84 Å². The fraction of sp³-hybridized carbons (Fsp3) is 0.455. The van der Waals surface area contributed by atoms with Crippen molar-refractivity contribution in [1.82, 2.24) is 0 Å². The van der Waals surface area contributed by atoms with E-state index in [0.717, 1.165) is 12.1 Å². The van der Waals surface area contributed by atoms with E-state index in [1.54, 1.807) is 0 Å². The van der Waals surface area contributed by atoms with Gasteiger partial charge in [0.1, 0.15) is 18.1 Å². The van der Waals surface area contributed by atoms with Gasteiger partial charge in [0.05, 0.1) is 16.7 Å². The second-order valence-electron chi connectivity index (χ2n) is 4.08. The maximum Gasteiger partial charge on any atom is 0.291 e. The largest absolute Gasteiger partial charge is 0.486 e. The van der Waals surface area contributed by atoms with E-state index in [-0.39, 0.29) is 47.7 Å². The van der Waals surface area contributed by atoms with Gasteiger partial charge in [-0.05, 0) is 6.42 Å². The van der Waals surface area contributed by atoms with E-state index in [0.29, 0.717) is 0 Å². The highest BCUT2D eigenvalue weighted by molar-refractivity contribution is 7.91. The standard InChI is InChI=1S/C11H12ClNO6S/c12-2-1-5-20(16,17)11-7-10-9(18-3-4-19-10)6-8(11)13(14)15/h6-7H,1-5H2. The molecular formula is C11H12ClNO6S. The molecule has 0 fully saturated rings. The summed E-state index contributed by atoms with van der Waals surface area (Å²) in [5.41, 5.74) is -0.510. The van der Waals surface area contributed by atoms with E-state index >= 15 is 0 Å². The Morgan fingerprint density at radius 2 is 1.85 bits per heavy atom. The van der Waals surface area contributed by atoms with E-state index < -0.39 is 20.4 Å². The maximum absolute atomic E-state index is 12.1. The monoisotopic (exact) mass is 321 g/mol. The van der Waals surface area contributed by atoms with Crippen molar-refractivity contribution >= 4 is 27.1 Å². The van der Waals surface area contributed by atoms with Gasteiger partial charge in [-0.2, -0.15) is 0 Å². The van der Waals surface area contributed by atoms with Crippen LogP contribution in [-0.4, -0.2) is 38.2 Å². The van der Waals surface area contributed by atoms with Crippen molar-refractivity contribution in [2.24, 2.45) is 0 Å². The van der Waals surface area contributed by atoms with Crippen molar-refractivity contribution in [1.29, 1.82) is 0 Å². The summed E-state index contributed by atoms with van der Waals surface area (Å²) in [5, 5.41) is 11.0. The summed E-state index contributed by atoms with van der Waals surface area (Å²) in [5.74, 6) is 0.291. The van der Waals surface area contributed by atoms with Gasteiger partial charge >= 0.3 is 0 Å². The Morgan fingerprint density at radius 3 is 2.40 bits per heavy atom. The van der Waals surface area contributed by atoms with Gasteiger partial charge < -0.3 is 9.47 Å². The third-order valence-corrected chi connectivity index (χ3v) is 4.79. The average Bonchev–Trinajstić information content (AvgIpc) is 2.43. The minimum absolute atomic E-state index is 0.164. The van der Waals surface area contributed by atoms with E-state index in [1.807, 2.05) is 0 Å². The normalized spacial score (nSPS) is 14.1. The lowest BCUT2D eigenvalue weighted by Gasteiger charge is -2.19. The topological polar surface area (TPSA) is 95.7 Å². The van der Waals surface area contributed by atoms with Crippen molar-refractivity contribution in [3.8, 4) is 11.5 Å². The fourth-order valence-corrected chi connectivity index (χ4v) is 3.58. The van der Waals surface area contributed by atoms with E-state index in [1.165, 1.54) is 0 Å². The van der Waals surface area contributed by atoms with E-state index in [9.17, 15) is 18.5 Å². The van der Waals surface area contributed by atoms with Gasteiger partial charge in [0.25, 0.3) is 5.69 Å². The number of hydrogen-bond acceptors (Lipinski definition) is 6. The number of ether oxygens (including phenoxy) is 2. The first-order valence-corrected chi connectivity index (χ1v) is 8.01. The molecule has 0 saturated carbocycles. The molecule has 9 heteroatoms. The summed E-state index contributed by atoms with van der Waals surface area (Å²) in [6.07, 6.45) is 0.218. The Hall–Kier alpha value is -1.54. The van der Waals surface area contributed by atoms with Gasteiger partial charge in [-0.15, -0.1) is 11.6 Å². The highest BCUT2D eigenvalue weighted by Gasteiger charge is 2.29. The second kappa shape index (κ2) is 5.84. The van der Waals surface area contributed by atoms with Crippen LogP contribution >= 0.6 is 11.6 Å². The van der Waals surface area contributed by atoms with Gasteiger partial charge in [0.2, 0.25) is 0 Å². The lowest BCUT2D eigenvalue weighted by Crippen LogP contribution is -2.17. The number of nitro benzene ring substituents is 1. The molecule has 0 aliphatic carbocycles. The molecule has 0 unspecified atom stereocenters. The number of halogens is 1. The predicted molar refractivity (Wildman–Crippen MR) is 71.5 cm³/mol. The molecule has 0 aromatic heterocycles. The van der Waals surface area contributed by atoms with Gasteiger partial charge in [-0.25, -0.2) is 8.42 Å².